The smallest absolute Gasteiger partial charge is 1.00 e. The molecule has 7 nitrogen and oxygen atoms in total. The zero-order chi connectivity index (χ0) is 22.6. The van der Waals surface area contributed by atoms with Gasteiger partial charge in [0.1, 0.15) is 11.5 Å². The number of hydrogen-bond acceptors (Lipinski definition) is 5. The fourth-order valence-corrected chi connectivity index (χ4v) is 1.63. The van der Waals surface area contributed by atoms with E-state index in [4.69, 9.17) is 10.2 Å². The zero-order valence-corrected chi connectivity index (χ0v) is 19.7. The number of aromatic hydroxyl groups is 2. The predicted molar refractivity (Wildman–Crippen MR) is 99.6 cm³/mol. The van der Waals surface area contributed by atoms with Crippen LogP contribution in [0, 0.1) is 5.46 Å². The normalized spacial score (nSPS) is 12.6. The van der Waals surface area contributed by atoms with E-state index in [0.29, 0.717) is 24.2 Å². The minimum Gasteiger partial charge on any atom is 1.00 e. The maximum atomic E-state index is 9.93. The van der Waals surface area contributed by atoms with Gasteiger partial charge in [-0.25, -0.2) is 0 Å². The summed E-state index contributed by atoms with van der Waals surface area (Å²) in [5, 5.41) is 19.1. The molecule has 2 aromatic rings. The number of aliphatic imine (C=N–C) groups is 2. The number of nitrogens with zero attached hydrogens (tertiary/aromatic N) is 3. The molecular weight excluding hydrogens is 635 g/mol. The van der Waals surface area contributed by atoms with Crippen molar-refractivity contribution in [3.63, 3.8) is 0 Å². The van der Waals surface area contributed by atoms with Crippen molar-refractivity contribution in [2.45, 2.75) is 0 Å². The van der Waals surface area contributed by atoms with E-state index in [1.54, 1.807) is 48.8 Å². The van der Waals surface area contributed by atoms with Crippen LogP contribution in [0.1, 0.15) is 11.1 Å². The molecule has 31 heavy (non-hydrogen) atoms. The summed E-state index contributed by atoms with van der Waals surface area (Å²) in [5.41, 5.74) is 7.13. The Bertz CT molecular complexity index is 814. The van der Waals surface area contributed by atoms with Crippen molar-refractivity contribution in [2.24, 2.45) is 9.98 Å². The molecule has 0 aliphatic rings. The molecule has 0 fully saturated rings. The first-order valence-corrected chi connectivity index (χ1v) is 13.3. The summed E-state index contributed by atoms with van der Waals surface area (Å²) < 4.78 is 66.8. The van der Waals surface area contributed by atoms with Crippen molar-refractivity contribution >= 4 is 31.9 Å². The quantitative estimate of drug-likeness (QED) is 0.167. The van der Waals surface area contributed by atoms with E-state index in [0.717, 1.165) is 0 Å². The molecule has 0 saturated heterocycles. The molecule has 0 aliphatic carbocycles. The standard InChI is InChI=1S/C16H16N2O2.6FH.NO.H2O.Ru.Sb/c19-15-7-3-1-5-13(15)11-17-9-10-18-12-14-6-2-4-8-16(14)20;;;;;;;1-2;;;/h1-8,11-12,19-20H,9-10H2;6*1H;;1H2;;/q;;;;;;;+1;;+1;+5/p-6. The largest absolute Gasteiger partial charge is 1.00 e. The van der Waals surface area contributed by atoms with Gasteiger partial charge in [-0.15, -0.1) is 0 Å². The number of halogens is 6. The predicted octanol–water partition coefficient (Wildman–Crippen LogP) is 3.85. The second-order valence-corrected chi connectivity index (χ2v) is 10.6. The Morgan fingerprint density at radius 1 is 0.742 bits per heavy atom. The van der Waals surface area contributed by atoms with Crippen molar-refractivity contribution in [1.29, 1.82) is 5.46 Å². The summed E-state index contributed by atoms with van der Waals surface area (Å²) in [6.07, 6.45) is 3.26. The average molecular weight is 653 g/mol. The molecule has 0 bridgehead atoms. The molecule has 0 spiro atoms. The SMILES string of the molecule is N#[O+].O.Oc1ccccc1C=NCCN=Cc1ccccc1O.[F][Sb-]([F])([F])([F])([F])[F].[Ru+]. The van der Waals surface area contributed by atoms with Crippen molar-refractivity contribution in [2.75, 3.05) is 13.1 Å². The Labute approximate surface area is 188 Å². The number of hydrogen-bond donors (Lipinski definition) is 2. The van der Waals surface area contributed by atoms with Crippen LogP contribution in [-0.4, -0.2) is 60.7 Å². The zero-order valence-electron chi connectivity index (χ0n) is 15.4. The van der Waals surface area contributed by atoms with Gasteiger partial charge in [-0.2, -0.15) is 0 Å². The third kappa shape index (κ3) is 22.5. The van der Waals surface area contributed by atoms with Crippen LogP contribution in [0.4, 0.5) is 16.9 Å². The van der Waals surface area contributed by atoms with Crippen molar-refractivity contribution in [3.05, 3.63) is 59.7 Å². The molecule has 0 heterocycles. The molecule has 0 aliphatic heterocycles. The van der Waals surface area contributed by atoms with Crippen LogP contribution in [0.25, 0.3) is 0 Å². The second kappa shape index (κ2) is 13.4. The second-order valence-electron chi connectivity index (χ2n) is 5.15. The van der Waals surface area contributed by atoms with Crippen LogP contribution in [-0.2, 0) is 24.3 Å². The van der Waals surface area contributed by atoms with Gasteiger partial charge in [0.25, 0.3) is 0 Å². The molecule has 0 unspecified atom stereocenters. The molecule has 0 atom stereocenters. The van der Waals surface area contributed by atoms with E-state index in [1.165, 1.54) is 0 Å². The van der Waals surface area contributed by atoms with Gasteiger partial charge in [0.2, 0.25) is 0 Å². The third-order valence-corrected chi connectivity index (χ3v) is 2.69. The number of para-hydroxylation sites is 2. The first-order chi connectivity index (χ1) is 13.2. The van der Waals surface area contributed by atoms with E-state index >= 15 is 0 Å². The summed E-state index contributed by atoms with van der Waals surface area (Å²) in [6, 6.07) is 14.1. The Kier molecular flexibility index (Phi) is 14.6. The van der Waals surface area contributed by atoms with Gasteiger partial charge < -0.3 is 15.7 Å². The molecule has 175 valence electrons. The van der Waals surface area contributed by atoms with Crippen LogP contribution in [0.3, 0.4) is 0 Å². The summed E-state index contributed by atoms with van der Waals surface area (Å²) in [7, 11) is 0. The molecule has 0 aromatic heterocycles. The van der Waals surface area contributed by atoms with Crippen LogP contribution in [0.2, 0.25) is 0 Å². The van der Waals surface area contributed by atoms with Gasteiger partial charge in [-0.1, -0.05) is 24.3 Å². The number of benzene rings is 2. The topological polar surface area (TPSA) is 140 Å². The van der Waals surface area contributed by atoms with Gasteiger partial charge in [0, 0.05) is 23.6 Å². The Hall–Kier alpha value is -1.97. The number of phenolic OH excluding ortho intramolecular Hbond substituents is 2. The molecular formula is C16H18F6N3O4RuSb+. The van der Waals surface area contributed by atoms with Crippen molar-refractivity contribution < 1.29 is 56.8 Å². The first-order valence-electron chi connectivity index (χ1n) is 7.52. The molecule has 2 rings (SSSR count). The van der Waals surface area contributed by atoms with Gasteiger partial charge in [-0.3, -0.25) is 9.98 Å². The molecule has 0 amide bonds. The monoisotopic (exact) mass is 653 g/mol. The van der Waals surface area contributed by atoms with Crippen LogP contribution in [0.15, 0.2) is 58.5 Å². The fourth-order valence-electron chi connectivity index (χ4n) is 1.63. The molecule has 15 heteroatoms. The van der Waals surface area contributed by atoms with E-state index in [-0.39, 0.29) is 36.5 Å². The number of phenols is 2. The van der Waals surface area contributed by atoms with E-state index in [2.05, 4.69) is 9.98 Å². The minimum atomic E-state index is -11.2. The van der Waals surface area contributed by atoms with Crippen molar-refractivity contribution in [3.8, 4) is 11.5 Å². The van der Waals surface area contributed by atoms with E-state index < -0.39 is 19.5 Å². The van der Waals surface area contributed by atoms with Gasteiger partial charge in [0.05, 0.1) is 13.1 Å². The fraction of sp³-hybridized carbons (Fsp3) is 0.125. The Morgan fingerprint density at radius 2 is 1.00 bits per heavy atom. The van der Waals surface area contributed by atoms with Crippen LogP contribution in [0.5, 0.6) is 11.5 Å². The Balaban J connectivity index is -0.000000614. The van der Waals surface area contributed by atoms with Gasteiger partial charge in [0.15, 0.2) is 0 Å². The van der Waals surface area contributed by atoms with Crippen molar-refractivity contribution in [1.82, 2.24) is 0 Å². The van der Waals surface area contributed by atoms with Gasteiger partial charge in [-0.05, 0) is 24.3 Å². The van der Waals surface area contributed by atoms with Crippen LogP contribution < -0.4 is 0 Å². The molecule has 2 aromatic carbocycles. The van der Waals surface area contributed by atoms with E-state index in [1.807, 2.05) is 12.1 Å². The number of rotatable bonds is 5. The summed E-state index contributed by atoms with van der Waals surface area (Å²) in [5.74, 6) is 0.433. The molecule has 0 saturated carbocycles. The third-order valence-electron chi connectivity index (χ3n) is 2.69. The maximum absolute atomic E-state index is 11.2. The van der Waals surface area contributed by atoms with Gasteiger partial charge >= 0.3 is 66.1 Å². The summed E-state index contributed by atoms with van der Waals surface area (Å²) >= 11 is -11.2. The Morgan fingerprint density at radius 3 is 1.26 bits per heavy atom. The summed E-state index contributed by atoms with van der Waals surface area (Å²) in [4.78, 5) is 8.39. The summed E-state index contributed by atoms with van der Waals surface area (Å²) in [6.45, 7) is 1.05. The average Bonchev–Trinajstić information content (AvgIpc) is 2.60. The molecule has 1 radical (unpaired) electrons. The van der Waals surface area contributed by atoms with E-state index in [9.17, 15) is 27.1 Å². The maximum Gasteiger partial charge on any atom is 1.00 e. The minimum absolute atomic E-state index is 0. The first kappa shape index (κ1) is 33.7. The molecule has 4 N–H and O–H groups in total. The van der Waals surface area contributed by atoms with Crippen LogP contribution >= 0.6 is 0 Å².